The van der Waals surface area contributed by atoms with Gasteiger partial charge < -0.3 is 4.55 Å². The van der Waals surface area contributed by atoms with E-state index in [2.05, 4.69) is 4.98 Å². The molecule has 0 radical (unpaired) electrons. The van der Waals surface area contributed by atoms with Crippen LogP contribution in [0.1, 0.15) is 0 Å². The summed E-state index contributed by atoms with van der Waals surface area (Å²) < 4.78 is 21.4. The molecular weight excluding hydrogens is 217 g/mol. The van der Waals surface area contributed by atoms with E-state index in [0.29, 0.717) is 0 Å². The van der Waals surface area contributed by atoms with Gasteiger partial charge in [0.05, 0.1) is 0 Å². The second-order valence-corrected chi connectivity index (χ2v) is 3.87. The zero-order valence-corrected chi connectivity index (χ0v) is 9.61. The Morgan fingerprint density at radius 1 is 1.06 bits per heavy atom. The number of aromatic nitrogens is 1. The number of hydrogen-bond donors (Lipinski definition) is 0. The van der Waals surface area contributed by atoms with Crippen molar-refractivity contribution in [2.24, 2.45) is 0 Å². The molecule has 2 rings (SSSR count). The van der Waals surface area contributed by atoms with Gasteiger partial charge in [0.1, 0.15) is 5.03 Å². The van der Waals surface area contributed by atoms with Gasteiger partial charge in [-0.2, -0.15) is 0 Å². The second-order valence-electron chi connectivity index (χ2n) is 2.98. The molecule has 0 aliphatic rings. The van der Waals surface area contributed by atoms with Gasteiger partial charge in [-0.1, -0.05) is 30.3 Å². The van der Waals surface area contributed by atoms with Crippen LogP contribution in [0.2, 0.25) is 0 Å². The molecule has 0 spiro atoms. The van der Waals surface area contributed by atoms with E-state index < -0.39 is 11.1 Å². The molecule has 0 saturated carbocycles. The van der Waals surface area contributed by atoms with Crippen molar-refractivity contribution in [2.75, 3.05) is 0 Å². The third-order valence-electron chi connectivity index (χ3n) is 2.01. The van der Waals surface area contributed by atoms with E-state index in [1.807, 2.05) is 30.3 Å². The molecule has 2 aromatic rings. The SMILES string of the molecule is O=S([O-])c1cc(-c2ccccc2)ccn1.[Li+]. The summed E-state index contributed by atoms with van der Waals surface area (Å²) in [6, 6.07) is 12.9. The van der Waals surface area contributed by atoms with Crippen molar-refractivity contribution in [2.45, 2.75) is 5.03 Å². The Labute approximate surface area is 108 Å². The molecule has 1 unspecified atom stereocenters. The standard InChI is InChI=1S/C11H9NO2S.Li/c13-15(14)11-8-10(6-7-12-11)9-4-2-1-3-5-9;/h1-8H,(H,13,14);/q;+1/p-1. The first-order chi connectivity index (χ1) is 7.27. The number of hydrogen-bond acceptors (Lipinski definition) is 3. The Morgan fingerprint density at radius 3 is 2.38 bits per heavy atom. The smallest absolute Gasteiger partial charge is 0.767 e. The van der Waals surface area contributed by atoms with Crippen molar-refractivity contribution in [1.29, 1.82) is 0 Å². The predicted octanol–water partition coefficient (Wildman–Crippen LogP) is -1.01. The van der Waals surface area contributed by atoms with Gasteiger partial charge in [0, 0.05) is 6.20 Å². The van der Waals surface area contributed by atoms with Crippen LogP contribution >= 0.6 is 0 Å². The van der Waals surface area contributed by atoms with Crippen molar-refractivity contribution in [3.05, 3.63) is 48.7 Å². The average Bonchev–Trinajstić information content (AvgIpc) is 2.30. The van der Waals surface area contributed by atoms with E-state index in [1.165, 1.54) is 6.20 Å². The molecule has 1 heterocycles. The quantitative estimate of drug-likeness (QED) is 0.486. The van der Waals surface area contributed by atoms with Gasteiger partial charge in [-0.15, -0.1) is 0 Å². The normalized spacial score (nSPS) is 11.6. The summed E-state index contributed by atoms with van der Waals surface area (Å²) in [5.74, 6) is 0. The van der Waals surface area contributed by atoms with E-state index in [0.717, 1.165) is 11.1 Å². The molecule has 76 valence electrons. The molecule has 3 nitrogen and oxygen atoms in total. The first-order valence-electron chi connectivity index (χ1n) is 4.38. The summed E-state index contributed by atoms with van der Waals surface area (Å²) in [5.41, 5.74) is 1.83. The Kier molecular flexibility index (Phi) is 4.91. The minimum atomic E-state index is -2.27. The molecule has 0 N–H and O–H groups in total. The molecule has 1 atom stereocenters. The van der Waals surface area contributed by atoms with Crippen molar-refractivity contribution in [3.63, 3.8) is 0 Å². The summed E-state index contributed by atoms with van der Waals surface area (Å²) in [4.78, 5) is 3.75. The van der Waals surface area contributed by atoms with Crippen LogP contribution in [0, 0.1) is 0 Å². The first kappa shape index (κ1) is 13.1. The molecule has 0 aliphatic heterocycles. The van der Waals surface area contributed by atoms with E-state index in [4.69, 9.17) is 0 Å². The molecule has 1 aromatic heterocycles. The molecule has 0 aliphatic carbocycles. The van der Waals surface area contributed by atoms with Gasteiger partial charge in [-0.05, 0) is 34.3 Å². The fourth-order valence-electron chi connectivity index (χ4n) is 1.31. The maximum absolute atomic E-state index is 10.7. The van der Waals surface area contributed by atoms with Crippen LogP contribution in [0.4, 0.5) is 0 Å². The Balaban J connectivity index is 0.00000128. The van der Waals surface area contributed by atoms with Gasteiger partial charge in [0.2, 0.25) is 0 Å². The first-order valence-corrected chi connectivity index (χ1v) is 5.45. The minimum absolute atomic E-state index is 0. The third-order valence-corrected chi connectivity index (χ3v) is 2.58. The van der Waals surface area contributed by atoms with Crippen molar-refractivity contribution < 1.29 is 27.6 Å². The number of rotatable bonds is 2. The summed E-state index contributed by atoms with van der Waals surface area (Å²) >= 11 is -2.27. The van der Waals surface area contributed by atoms with Crippen LogP contribution in [-0.2, 0) is 11.1 Å². The van der Waals surface area contributed by atoms with E-state index in [1.54, 1.807) is 12.1 Å². The Bertz CT molecular complexity index is 490. The molecule has 0 saturated heterocycles. The number of nitrogens with zero attached hydrogens (tertiary/aromatic N) is 1. The molecule has 0 amide bonds. The van der Waals surface area contributed by atoms with Crippen LogP contribution in [0.3, 0.4) is 0 Å². The Morgan fingerprint density at radius 2 is 1.75 bits per heavy atom. The maximum atomic E-state index is 10.7. The summed E-state index contributed by atoms with van der Waals surface area (Å²) in [6.07, 6.45) is 1.49. The van der Waals surface area contributed by atoms with Gasteiger partial charge in [0.25, 0.3) is 0 Å². The fourth-order valence-corrected chi connectivity index (χ4v) is 1.68. The summed E-state index contributed by atoms with van der Waals surface area (Å²) in [6.45, 7) is 0. The fraction of sp³-hybridized carbons (Fsp3) is 0. The van der Waals surface area contributed by atoms with Crippen LogP contribution in [-0.4, -0.2) is 13.7 Å². The summed E-state index contributed by atoms with van der Waals surface area (Å²) in [7, 11) is 0. The average molecular weight is 225 g/mol. The predicted molar refractivity (Wildman–Crippen MR) is 56.9 cm³/mol. The zero-order valence-electron chi connectivity index (χ0n) is 8.79. The monoisotopic (exact) mass is 225 g/mol. The summed E-state index contributed by atoms with van der Waals surface area (Å²) in [5, 5.41) is 0.0661. The molecule has 0 bridgehead atoms. The van der Waals surface area contributed by atoms with Gasteiger partial charge in [0.15, 0.2) is 0 Å². The number of pyridine rings is 1. The molecular formula is C11H8LiNO2S. The van der Waals surface area contributed by atoms with Crippen LogP contribution in [0.25, 0.3) is 11.1 Å². The topological polar surface area (TPSA) is 53.0 Å². The number of benzene rings is 1. The second kappa shape index (κ2) is 5.97. The zero-order chi connectivity index (χ0) is 10.7. The Hall–Kier alpha value is -0.923. The largest absolute Gasteiger partial charge is 1.00 e. The minimum Gasteiger partial charge on any atom is -0.767 e. The van der Waals surface area contributed by atoms with E-state index >= 15 is 0 Å². The van der Waals surface area contributed by atoms with Gasteiger partial charge in [-0.3, -0.25) is 4.21 Å². The molecule has 16 heavy (non-hydrogen) atoms. The van der Waals surface area contributed by atoms with Crippen LogP contribution in [0.15, 0.2) is 53.7 Å². The molecule has 1 aromatic carbocycles. The van der Waals surface area contributed by atoms with Crippen molar-refractivity contribution >= 4 is 11.1 Å². The van der Waals surface area contributed by atoms with Gasteiger partial charge >= 0.3 is 18.9 Å². The molecule has 5 heteroatoms. The van der Waals surface area contributed by atoms with Gasteiger partial charge in [-0.25, -0.2) is 4.98 Å². The third kappa shape index (κ3) is 3.03. The maximum Gasteiger partial charge on any atom is 1.00 e. The van der Waals surface area contributed by atoms with Crippen LogP contribution in [0.5, 0.6) is 0 Å². The van der Waals surface area contributed by atoms with Crippen molar-refractivity contribution in [1.82, 2.24) is 4.98 Å². The van der Waals surface area contributed by atoms with Crippen molar-refractivity contribution in [3.8, 4) is 11.1 Å². The molecule has 0 fully saturated rings. The van der Waals surface area contributed by atoms with E-state index in [-0.39, 0.29) is 23.9 Å². The van der Waals surface area contributed by atoms with Crippen LogP contribution < -0.4 is 18.9 Å². The van der Waals surface area contributed by atoms with E-state index in [9.17, 15) is 8.76 Å².